The van der Waals surface area contributed by atoms with Gasteiger partial charge >= 0.3 is 0 Å². The Labute approximate surface area is 216 Å². The topological polar surface area (TPSA) is 93.4 Å². The minimum absolute atomic E-state index is 0.00120. The summed E-state index contributed by atoms with van der Waals surface area (Å²) >= 11 is 12.1. The van der Waals surface area contributed by atoms with E-state index in [0.717, 1.165) is 5.56 Å². The maximum Gasteiger partial charge on any atom is 0.235 e. The second-order valence-electron chi connectivity index (χ2n) is 8.15. The molecule has 0 saturated carbocycles. The molecule has 2 N–H and O–H groups in total. The van der Waals surface area contributed by atoms with Gasteiger partial charge in [0.1, 0.15) is 22.8 Å². The highest BCUT2D eigenvalue weighted by Gasteiger charge is 2.25. The Morgan fingerprint density at radius 2 is 1.89 bits per heavy atom. The van der Waals surface area contributed by atoms with E-state index in [9.17, 15) is 9.90 Å². The SMILES string of the molecule is COc1ccc(-c2oc3c4c(ccc3c(=O)c2O)OCN(NCc2ccc(Cl)c(Cl)c2)C4)c(OC)c1. The summed E-state index contributed by atoms with van der Waals surface area (Å²) < 4.78 is 22.8. The lowest BCUT2D eigenvalue weighted by atomic mass is 10.0. The second kappa shape index (κ2) is 9.91. The number of aromatic hydroxyl groups is 1. The Morgan fingerprint density at radius 1 is 1.06 bits per heavy atom. The molecule has 0 unspecified atom stereocenters. The van der Waals surface area contributed by atoms with Crippen molar-refractivity contribution in [1.29, 1.82) is 0 Å². The van der Waals surface area contributed by atoms with Crippen LogP contribution in [0.4, 0.5) is 0 Å². The van der Waals surface area contributed by atoms with Gasteiger partial charge in [0, 0.05) is 19.2 Å². The Balaban J connectivity index is 1.52. The average Bonchev–Trinajstić information content (AvgIpc) is 2.90. The van der Waals surface area contributed by atoms with Crippen LogP contribution in [0.25, 0.3) is 22.3 Å². The number of methoxy groups -OCH3 is 2. The predicted octanol–water partition coefficient (Wildman–Crippen LogP) is 5.35. The van der Waals surface area contributed by atoms with Gasteiger partial charge in [-0.1, -0.05) is 29.3 Å². The van der Waals surface area contributed by atoms with Crippen LogP contribution >= 0.6 is 23.2 Å². The molecule has 36 heavy (non-hydrogen) atoms. The lowest BCUT2D eigenvalue weighted by molar-refractivity contribution is 0.0461. The van der Waals surface area contributed by atoms with Gasteiger partial charge in [0.15, 0.2) is 12.5 Å². The summed E-state index contributed by atoms with van der Waals surface area (Å²) in [6.07, 6.45) is 0. The van der Waals surface area contributed by atoms with Gasteiger partial charge in [-0.25, -0.2) is 10.4 Å². The quantitative estimate of drug-likeness (QED) is 0.346. The second-order valence-corrected chi connectivity index (χ2v) is 8.96. The van der Waals surface area contributed by atoms with Crippen LogP contribution in [0.1, 0.15) is 11.1 Å². The zero-order valence-corrected chi connectivity index (χ0v) is 20.9. The van der Waals surface area contributed by atoms with Crippen molar-refractivity contribution in [1.82, 2.24) is 10.4 Å². The van der Waals surface area contributed by atoms with Gasteiger partial charge in [-0.05, 0) is 42.0 Å². The molecule has 2 heterocycles. The summed E-state index contributed by atoms with van der Waals surface area (Å²) in [5.41, 5.74) is 5.10. The summed E-state index contributed by atoms with van der Waals surface area (Å²) in [5.74, 6) is 1.04. The van der Waals surface area contributed by atoms with E-state index in [2.05, 4.69) is 5.43 Å². The first-order valence-electron chi connectivity index (χ1n) is 11.0. The number of fused-ring (bicyclic) bond motifs is 3. The van der Waals surface area contributed by atoms with E-state index in [1.165, 1.54) is 14.2 Å². The smallest absolute Gasteiger partial charge is 0.235 e. The van der Waals surface area contributed by atoms with Crippen LogP contribution in [-0.4, -0.2) is 31.1 Å². The van der Waals surface area contributed by atoms with Crippen LogP contribution in [0.2, 0.25) is 10.0 Å². The molecule has 1 aliphatic rings. The third kappa shape index (κ3) is 4.44. The first-order valence-corrected chi connectivity index (χ1v) is 11.7. The van der Waals surface area contributed by atoms with E-state index in [0.29, 0.717) is 57.1 Å². The highest BCUT2D eigenvalue weighted by molar-refractivity contribution is 6.42. The zero-order chi connectivity index (χ0) is 25.4. The van der Waals surface area contributed by atoms with Crippen molar-refractivity contribution >= 4 is 34.2 Å². The summed E-state index contributed by atoms with van der Waals surface area (Å²) in [7, 11) is 3.03. The first-order chi connectivity index (χ1) is 17.4. The molecule has 5 rings (SSSR count). The number of rotatable bonds is 6. The molecule has 0 fully saturated rings. The monoisotopic (exact) mass is 528 g/mol. The third-order valence-electron chi connectivity index (χ3n) is 5.97. The number of hydrogen-bond acceptors (Lipinski definition) is 8. The van der Waals surface area contributed by atoms with E-state index in [-0.39, 0.29) is 17.9 Å². The molecule has 0 radical (unpaired) electrons. The number of ether oxygens (including phenoxy) is 3. The summed E-state index contributed by atoms with van der Waals surface area (Å²) in [6, 6.07) is 13.7. The molecule has 0 spiro atoms. The Kier molecular flexibility index (Phi) is 6.68. The van der Waals surface area contributed by atoms with Gasteiger partial charge in [0.05, 0.1) is 40.8 Å². The molecule has 0 aliphatic carbocycles. The number of hydrogen-bond donors (Lipinski definition) is 2. The van der Waals surface area contributed by atoms with Gasteiger partial charge < -0.3 is 23.7 Å². The molecule has 186 valence electrons. The number of nitrogens with zero attached hydrogens (tertiary/aromatic N) is 1. The molecular formula is C26H22Cl2N2O6. The number of benzene rings is 3. The highest BCUT2D eigenvalue weighted by Crippen LogP contribution is 2.40. The number of hydrazine groups is 1. The van der Waals surface area contributed by atoms with E-state index >= 15 is 0 Å². The molecule has 0 atom stereocenters. The Hall–Kier alpha value is -3.43. The molecule has 0 amide bonds. The first kappa shape index (κ1) is 24.3. The van der Waals surface area contributed by atoms with Crippen LogP contribution in [0, 0.1) is 0 Å². The van der Waals surface area contributed by atoms with Crippen LogP contribution in [0.15, 0.2) is 57.7 Å². The van der Waals surface area contributed by atoms with Crippen molar-refractivity contribution in [2.75, 3.05) is 21.0 Å². The fourth-order valence-corrected chi connectivity index (χ4v) is 4.40. The molecule has 4 aromatic rings. The highest BCUT2D eigenvalue weighted by atomic mass is 35.5. The van der Waals surface area contributed by atoms with E-state index in [4.69, 9.17) is 41.8 Å². The molecule has 0 bridgehead atoms. The van der Waals surface area contributed by atoms with E-state index < -0.39 is 11.2 Å². The van der Waals surface area contributed by atoms with E-state index in [1.54, 1.807) is 42.5 Å². The largest absolute Gasteiger partial charge is 0.502 e. The van der Waals surface area contributed by atoms with Crippen LogP contribution in [0.3, 0.4) is 0 Å². The summed E-state index contributed by atoms with van der Waals surface area (Å²) in [5, 5.41) is 13.8. The molecule has 3 aromatic carbocycles. The lowest BCUT2D eigenvalue weighted by Crippen LogP contribution is -2.42. The van der Waals surface area contributed by atoms with Gasteiger partial charge in [0.2, 0.25) is 11.2 Å². The van der Waals surface area contributed by atoms with Crippen LogP contribution in [-0.2, 0) is 13.1 Å². The lowest BCUT2D eigenvalue weighted by Gasteiger charge is -2.29. The molecule has 1 aliphatic heterocycles. The van der Waals surface area contributed by atoms with Crippen molar-refractivity contribution in [2.45, 2.75) is 13.1 Å². The summed E-state index contributed by atoms with van der Waals surface area (Å²) in [4.78, 5) is 13.1. The Morgan fingerprint density at radius 3 is 2.64 bits per heavy atom. The Bertz CT molecular complexity index is 1520. The van der Waals surface area contributed by atoms with Crippen molar-refractivity contribution < 1.29 is 23.7 Å². The number of halogens is 2. The average molecular weight is 529 g/mol. The van der Waals surface area contributed by atoms with Gasteiger partial charge in [0.25, 0.3) is 0 Å². The minimum atomic E-state index is -0.548. The van der Waals surface area contributed by atoms with Crippen molar-refractivity contribution in [2.24, 2.45) is 0 Å². The van der Waals surface area contributed by atoms with Gasteiger partial charge in [-0.3, -0.25) is 4.79 Å². The molecule has 8 nitrogen and oxygen atoms in total. The van der Waals surface area contributed by atoms with Crippen molar-refractivity contribution in [3.63, 3.8) is 0 Å². The molecule has 0 saturated heterocycles. The zero-order valence-electron chi connectivity index (χ0n) is 19.4. The minimum Gasteiger partial charge on any atom is -0.502 e. The van der Waals surface area contributed by atoms with Gasteiger partial charge in [-0.2, -0.15) is 0 Å². The van der Waals surface area contributed by atoms with Crippen molar-refractivity contribution in [3.8, 4) is 34.3 Å². The van der Waals surface area contributed by atoms with Crippen LogP contribution < -0.4 is 25.1 Å². The maximum absolute atomic E-state index is 13.1. The fraction of sp³-hybridized carbons (Fsp3) is 0.192. The molecule has 1 aromatic heterocycles. The van der Waals surface area contributed by atoms with E-state index in [1.807, 2.05) is 11.1 Å². The standard InChI is InChI=1S/C26H22Cl2N2O6/c1-33-15-4-5-16(22(10-15)34-2)26-24(32)23(31)17-6-8-21-18(25(17)36-26)12-30(13-35-21)29-11-14-3-7-19(27)20(28)9-14/h3-10,29,32H,11-13H2,1-2H3. The van der Waals surface area contributed by atoms with Gasteiger partial charge in [-0.15, -0.1) is 0 Å². The van der Waals surface area contributed by atoms with Crippen LogP contribution in [0.5, 0.6) is 23.0 Å². The molecule has 10 heteroatoms. The normalized spacial score (nSPS) is 13.3. The number of nitrogens with one attached hydrogen (secondary N) is 1. The fourth-order valence-electron chi connectivity index (χ4n) is 4.08. The maximum atomic E-state index is 13.1. The van der Waals surface area contributed by atoms with Crippen molar-refractivity contribution in [3.05, 3.63) is 79.9 Å². The predicted molar refractivity (Wildman–Crippen MR) is 137 cm³/mol. The third-order valence-corrected chi connectivity index (χ3v) is 6.70. The molecular weight excluding hydrogens is 507 g/mol. The summed E-state index contributed by atoms with van der Waals surface area (Å²) in [6.45, 7) is 1.15.